The van der Waals surface area contributed by atoms with Crippen molar-refractivity contribution in [3.05, 3.63) is 47.8 Å². The van der Waals surface area contributed by atoms with Gasteiger partial charge in [-0.05, 0) is 79.0 Å². The fourth-order valence-electron chi connectivity index (χ4n) is 3.86. The van der Waals surface area contributed by atoms with Gasteiger partial charge in [-0.2, -0.15) is 0 Å². The van der Waals surface area contributed by atoms with E-state index >= 15 is 0 Å². The normalized spacial score (nSPS) is 15.8. The minimum atomic E-state index is -2.61. The van der Waals surface area contributed by atoms with Crippen molar-refractivity contribution in [2.24, 2.45) is 5.92 Å². The van der Waals surface area contributed by atoms with Gasteiger partial charge < -0.3 is 15.2 Å². The molecule has 30 heavy (non-hydrogen) atoms. The van der Waals surface area contributed by atoms with Crippen LogP contribution in [-0.4, -0.2) is 28.3 Å². The Hall–Kier alpha value is -2.70. The predicted molar refractivity (Wildman–Crippen MR) is 111 cm³/mol. The van der Waals surface area contributed by atoms with Gasteiger partial charge in [0.15, 0.2) is 0 Å². The molecule has 2 N–H and O–H groups in total. The first-order valence-electron chi connectivity index (χ1n) is 10.2. The maximum absolute atomic E-state index is 13.0. The SMILES string of the molecule is CC(C)CC(C)(COc1ccc(-c2ccnc(C(F)F)c2)cc1C1CC1)NC(=O)O. The molecule has 162 valence electrons. The second-order valence-electron chi connectivity index (χ2n) is 8.67. The van der Waals surface area contributed by atoms with Crippen LogP contribution < -0.4 is 10.1 Å². The number of benzene rings is 1. The number of carboxylic acid groups (broad SMARTS) is 1. The van der Waals surface area contributed by atoms with E-state index in [0.29, 0.717) is 29.6 Å². The number of halogens is 2. The zero-order valence-corrected chi connectivity index (χ0v) is 17.5. The highest BCUT2D eigenvalue weighted by molar-refractivity contribution is 5.67. The van der Waals surface area contributed by atoms with Crippen molar-refractivity contribution in [3.63, 3.8) is 0 Å². The average Bonchev–Trinajstić information content (AvgIpc) is 3.50. The van der Waals surface area contributed by atoms with E-state index in [9.17, 15) is 18.7 Å². The molecular formula is C23H28F2N2O3. The number of amides is 1. The number of hydrogen-bond acceptors (Lipinski definition) is 3. The lowest BCUT2D eigenvalue weighted by atomic mass is 9.91. The number of nitrogens with one attached hydrogen (secondary N) is 1. The van der Waals surface area contributed by atoms with Crippen molar-refractivity contribution in [2.75, 3.05) is 6.61 Å². The van der Waals surface area contributed by atoms with Crippen molar-refractivity contribution < 1.29 is 23.4 Å². The molecule has 2 aromatic rings. The number of ether oxygens (including phenoxy) is 1. The lowest BCUT2D eigenvalue weighted by Gasteiger charge is -2.31. The van der Waals surface area contributed by atoms with Gasteiger partial charge in [0.1, 0.15) is 18.1 Å². The topological polar surface area (TPSA) is 71.5 Å². The van der Waals surface area contributed by atoms with Crippen LogP contribution in [0.1, 0.15) is 63.6 Å². The number of nitrogens with zero attached hydrogens (tertiary/aromatic N) is 1. The first kappa shape index (κ1) is 22.0. The summed E-state index contributed by atoms with van der Waals surface area (Å²) in [6.07, 6.45) is 0.448. The van der Waals surface area contributed by atoms with Crippen molar-refractivity contribution in [1.82, 2.24) is 10.3 Å². The van der Waals surface area contributed by atoms with E-state index in [1.54, 1.807) is 6.07 Å². The first-order chi connectivity index (χ1) is 14.2. The molecule has 0 aliphatic heterocycles. The van der Waals surface area contributed by atoms with E-state index in [0.717, 1.165) is 24.0 Å². The third-order valence-corrected chi connectivity index (χ3v) is 5.18. The van der Waals surface area contributed by atoms with Crippen LogP contribution in [0.3, 0.4) is 0 Å². The van der Waals surface area contributed by atoms with Crippen LogP contribution in [0.5, 0.6) is 5.75 Å². The zero-order chi connectivity index (χ0) is 21.9. The van der Waals surface area contributed by atoms with Gasteiger partial charge in [-0.3, -0.25) is 4.98 Å². The van der Waals surface area contributed by atoms with Gasteiger partial charge in [0, 0.05) is 6.20 Å². The van der Waals surface area contributed by atoms with Crippen molar-refractivity contribution >= 4 is 6.09 Å². The Kier molecular flexibility index (Phi) is 6.58. The molecule has 0 saturated heterocycles. The summed E-state index contributed by atoms with van der Waals surface area (Å²) in [6.45, 7) is 6.12. The number of hydrogen-bond donors (Lipinski definition) is 2. The Morgan fingerprint density at radius 3 is 2.57 bits per heavy atom. The van der Waals surface area contributed by atoms with Gasteiger partial charge in [-0.1, -0.05) is 19.9 Å². The average molecular weight is 418 g/mol. The molecule has 1 amide bonds. The zero-order valence-electron chi connectivity index (χ0n) is 17.5. The van der Waals surface area contributed by atoms with E-state index in [1.807, 2.05) is 39.0 Å². The summed E-state index contributed by atoms with van der Waals surface area (Å²) in [5, 5.41) is 11.8. The largest absolute Gasteiger partial charge is 0.491 e. The summed E-state index contributed by atoms with van der Waals surface area (Å²) in [7, 11) is 0. The molecule has 1 aromatic carbocycles. The summed E-state index contributed by atoms with van der Waals surface area (Å²) in [6, 6.07) is 8.81. The molecule has 3 rings (SSSR count). The second kappa shape index (κ2) is 8.98. The van der Waals surface area contributed by atoms with Gasteiger partial charge in [0.2, 0.25) is 0 Å². The fourth-order valence-corrected chi connectivity index (χ4v) is 3.86. The van der Waals surface area contributed by atoms with Crippen LogP contribution in [-0.2, 0) is 0 Å². The lowest BCUT2D eigenvalue weighted by Crippen LogP contribution is -2.50. The molecule has 0 spiro atoms. The molecule has 1 aliphatic rings. The van der Waals surface area contributed by atoms with E-state index in [2.05, 4.69) is 10.3 Å². The number of pyridine rings is 1. The first-order valence-corrected chi connectivity index (χ1v) is 10.2. The maximum atomic E-state index is 13.0. The number of carbonyl (C=O) groups is 1. The molecule has 0 bridgehead atoms. The molecule has 0 radical (unpaired) electrons. The van der Waals surface area contributed by atoms with Gasteiger partial charge in [0.25, 0.3) is 6.43 Å². The number of aromatic nitrogens is 1. The Morgan fingerprint density at radius 1 is 1.27 bits per heavy atom. The van der Waals surface area contributed by atoms with Crippen molar-refractivity contribution in [2.45, 2.75) is 57.9 Å². The molecule has 1 unspecified atom stereocenters. The van der Waals surface area contributed by atoms with E-state index in [-0.39, 0.29) is 12.3 Å². The molecule has 1 saturated carbocycles. The van der Waals surface area contributed by atoms with Gasteiger partial charge >= 0.3 is 6.09 Å². The molecule has 1 fully saturated rings. The molecule has 1 heterocycles. The smallest absolute Gasteiger partial charge is 0.405 e. The monoisotopic (exact) mass is 418 g/mol. The Morgan fingerprint density at radius 2 is 1.97 bits per heavy atom. The maximum Gasteiger partial charge on any atom is 0.405 e. The summed E-state index contributed by atoms with van der Waals surface area (Å²) >= 11 is 0. The highest BCUT2D eigenvalue weighted by Crippen LogP contribution is 2.46. The summed E-state index contributed by atoms with van der Waals surface area (Å²) in [5.41, 5.74) is 1.60. The van der Waals surface area contributed by atoms with Gasteiger partial charge in [-0.25, -0.2) is 13.6 Å². The Bertz CT molecular complexity index is 900. The Labute approximate surface area is 175 Å². The molecular weight excluding hydrogens is 390 g/mol. The summed E-state index contributed by atoms with van der Waals surface area (Å²) in [4.78, 5) is 15.0. The van der Waals surface area contributed by atoms with Gasteiger partial charge in [-0.15, -0.1) is 0 Å². The van der Waals surface area contributed by atoms with Gasteiger partial charge in [0.05, 0.1) is 5.54 Å². The van der Waals surface area contributed by atoms with E-state index in [1.165, 1.54) is 12.3 Å². The standard InChI is InChI=1S/C23H28F2N2O3/c1-14(2)12-23(3,27-22(28)29)13-30-20-7-6-16(10-18(20)15-4-5-15)17-8-9-26-19(11-17)21(24)25/h6-11,14-15,21,27H,4-5,12-13H2,1-3H3,(H,28,29). The van der Waals surface area contributed by atoms with Crippen LogP contribution in [0.15, 0.2) is 36.5 Å². The predicted octanol–water partition coefficient (Wildman–Crippen LogP) is 6.01. The van der Waals surface area contributed by atoms with Crippen LogP contribution in [0.4, 0.5) is 13.6 Å². The third kappa shape index (κ3) is 5.68. The van der Waals surface area contributed by atoms with Crippen molar-refractivity contribution in [3.8, 4) is 16.9 Å². The van der Waals surface area contributed by atoms with Crippen LogP contribution in [0, 0.1) is 5.92 Å². The molecule has 1 aromatic heterocycles. The third-order valence-electron chi connectivity index (χ3n) is 5.18. The minimum absolute atomic E-state index is 0.210. The quantitative estimate of drug-likeness (QED) is 0.523. The Balaban J connectivity index is 1.84. The molecule has 5 nitrogen and oxygen atoms in total. The van der Waals surface area contributed by atoms with E-state index < -0.39 is 18.1 Å². The van der Waals surface area contributed by atoms with Crippen molar-refractivity contribution in [1.29, 1.82) is 0 Å². The number of rotatable bonds is 9. The van der Waals surface area contributed by atoms with Crippen LogP contribution in [0.2, 0.25) is 0 Å². The highest BCUT2D eigenvalue weighted by Gasteiger charge is 2.31. The highest BCUT2D eigenvalue weighted by atomic mass is 19.3. The number of alkyl halides is 2. The lowest BCUT2D eigenvalue weighted by molar-refractivity contribution is 0.142. The molecule has 1 aliphatic carbocycles. The second-order valence-corrected chi connectivity index (χ2v) is 8.67. The van der Waals surface area contributed by atoms with Crippen LogP contribution in [0.25, 0.3) is 11.1 Å². The summed E-state index contributed by atoms with van der Waals surface area (Å²) < 4.78 is 32.1. The molecule has 7 heteroatoms. The summed E-state index contributed by atoms with van der Waals surface area (Å²) in [5.74, 6) is 1.39. The fraction of sp³-hybridized carbons (Fsp3) is 0.478. The van der Waals surface area contributed by atoms with Crippen LogP contribution >= 0.6 is 0 Å². The molecule has 1 atom stereocenters. The van der Waals surface area contributed by atoms with E-state index in [4.69, 9.17) is 4.74 Å². The minimum Gasteiger partial charge on any atom is -0.491 e.